The number of aryl methyl sites for hydroxylation is 1. The molecule has 0 radical (unpaired) electrons. The SMILES string of the molecule is Cc1nc(CC(O)c2c(F)cc(Br)cc2F)cs1. The molecule has 96 valence electrons. The van der Waals surface area contributed by atoms with E-state index in [1.165, 1.54) is 11.3 Å². The normalized spacial score (nSPS) is 12.7. The third-order valence-corrected chi connectivity index (χ3v) is 3.73. The molecule has 18 heavy (non-hydrogen) atoms. The summed E-state index contributed by atoms with van der Waals surface area (Å²) in [4.78, 5) is 4.16. The molecule has 1 heterocycles. The van der Waals surface area contributed by atoms with Crippen LogP contribution in [0.3, 0.4) is 0 Å². The fourth-order valence-corrected chi connectivity index (χ4v) is 2.70. The lowest BCUT2D eigenvalue weighted by Gasteiger charge is -2.12. The molecule has 1 atom stereocenters. The van der Waals surface area contributed by atoms with Crippen LogP contribution >= 0.6 is 27.3 Å². The van der Waals surface area contributed by atoms with E-state index in [1.807, 2.05) is 6.92 Å². The number of nitrogens with zero attached hydrogens (tertiary/aromatic N) is 1. The van der Waals surface area contributed by atoms with Crippen molar-refractivity contribution < 1.29 is 13.9 Å². The zero-order chi connectivity index (χ0) is 13.3. The van der Waals surface area contributed by atoms with Gasteiger partial charge in [-0.05, 0) is 19.1 Å². The van der Waals surface area contributed by atoms with Crippen LogP contribution in [-0.2, 0) is 6.42 Å². The Morgan fingerprint density at radius 1 is 1.39 bits per heavy atom. The molecule has 1 N–H and O–H groups in total. The first kappa shape index (κ1) is 13.6. The minimum atomic E-state index is -1.24. The average molecular weight is 334 g/mol. The molecule has 0 aliphatic carbocycles. The van der Waals surface area contributed by atoms with Gasteiger partial charge in [-0.1, -0.05) is 15.9 Å². The number of benzene rings is 1. The highest BCUT2D eigenvalue weighted by molar-refractivity contribution is 9.10. The molecule has 2 rings (SSSR count). The van der Waals surface area contributed by atoms with Crippen LogP contribution in [0.4, 0.5) is 8.78 Å². The van der Waals surface area contributed by atoms with Crippen molar-refractivity contribution in [2.24, 2.45) is 0 Å². The van der Waals surface area contributed by atoms with Gasteiger partial charge < -0.3 is 5.11 Å². The van der Waals surface area contributed by atoms with Gasteiger partial charge in [0, 0.05) is 16.3 Å². The van der Waals surface area contributed by atoms with Gasteiger partial charge in [0.15, 0.2) is 0 Å². The van der Waals surface area contributed by atoms with E-state index in [4.69, 9.17) is 0 Å². The second-order valence-electron chi connectivity index (χ2n) is 3.86. The van der Waals surface area contributed by atoms with E-state index in [0.29, 0.717) is 10.2 Å². The molecular weight excluding hydrogens is 324 g/mol. The first-order valence-electron chi connectivity index (χ1n) is 5.21. The highest BCUT2D eigenvalue weighted by Crippen LogP contribution is 2.27. The third kappa shape index (κ3) is 2.93. The van der Waals surface area contributed by atoms with Gasteiger partial charge in [0.05, 0.1) is 22.4 Å². The van der Waals surface area contributed by atoms with Crippen molar-refractivity contribution >= 4 is 27.3 Å². The lowest BCUT2D eigenvalue weighted by Crippen LogP contribution is -2.07. The summed E-state index contributed by atoms with van der Waals surface area (Å²) in [7, 11) is 0. The fraction of sp³-hybridized carbons (Fsp3) is 0.250. The summed E-state index contributed by atoms with van der Waals surface area (Å²) < 4.78 is 27.5. The van der Waals surface area contributed by atoms with Crippen LogP contribution in [0.15, 0.2) is 22.0 Å². The zero-order valence-corrected chi connectivity index (χ0v) is 11.9. The summed E-state index contributed by atoms with van der Waals surface area (Å²) in [5, 5.41) is 12.5. The number of thiazole rings is 1. The van der Waals surface area contributed by atoms with Crippen molar-refractivity contribution in [3.63, 3.8) is 0 Å². The predicted molar refractivity (Wildman–Crippen MR) is 69.6 cm³/mol. The van der Waals surface area contributed by atoms with E-state index in [2.05, 4.69) is 20.9 Å². The molecule has 0 fully saturated rings. The maximum atomic E-state index is 13.6. The zero-order valence-electron chi connectivity index (χ0n) is 9.45. The predicted octanol–water partition coefficient (Wildman–Crippen LogP) is 3.77. The molecule has 6 heteroatoms. The molecule has 0 spiro atoms. The van der Waals surface area contributed by atoms with E-state index < -0.39 is 17.7 Å². The summed E-state index contributed by atoms with van der Waals surface area (Å²) in [6.45, 7) is 1.83. The molecule has 0 saturated carbocycles. The minimum absolute atomic E-state index is 0.0970. The second-order valence-corrected chi connectivity index (χ2v) is 5.84. The summed E-state index contributed by atoms with van der Waals surface area (Å²) in [6.07, 6.45) is -1.14. The van der Waals surface area contributed by atoms with Gasteiger partial charge in [0.1, 0.15) is 11.6 Å². The van der Waals surface area contributed by atoms with Crippen molar-refractivity contribution in [2.45, 2.75) is 19.4 Å². The van der Waals surface area contributed by atoms with Gasteiger partial charge in [-0.25, -0.2) is 13.8 Å². The Morgan fingerprint density at radius 2 is 2.00 bits per heavy atom. The van der Waals surface area contributed by atoms with Crippen LogP contribution in [0.5, 0.6) is 0 Å². The van der Waals surface area contributed by atoms with E-state index in [9.17, 15) is 13.9 Å². The molecule has 0 aliphatic rings. The Labute approximate surface area is 115 Å². The minimum Gasteiger partial charge on any atom is -0.388 e. The molecule has 1 unspecified atom stereocenters. The summed E-state index contributed by atoms with van der Waals surface area (Å²) >= 11 is 4.43. The summed E-state index contributed by atoms with van der Waals surface area (Å²) in [5.74, 6) is -1.53. The van der Waals surface area contributed by atoms with Crippen LogP contribution < -0.4 is 0 Å². The number of rotatable bonds is 3. The fourth-order valence-electron chi connectivity index (χ4n) is 1.67. The Hall–Kier alpha value is -0.850. The standard InChI is InChI=1S/C12H10BrF2NOS/c1-6-16-8(5-18-6)4-11(17)12-9(14)2-7(13)3-10(12)15/h2-3,5,11,17H,4H2,1H3. The largest absolute Gasteiger partial charge is 0.388 e. The molecule has 0 bridgehead atoms. The highest BCUT2D eigenvalue weighted by atomic mass is 79.9. The van der Waals surface area contributed by atoms with Crippen LogP contribution in [0.2, 0.25) is 0 Å². The first-order valence-corrected chi connectivity index (χ1v) is 6.88. The summed E-state index contributed by atoms with van der Waals surface area (Å²) in [5.41, 5.74) is 0.315. The Morgan fingerprint density at radius 3 is 2.50 bits per heavy atom. The van der Waals surface area contributed by atoms with Gasteiger partial charge in [-0.3, -0.25) is 0 Å². The van der Waals surface area contributed by atoms with Gasteiger partial charge >= 0.3 is 0 Å². The number of hydrogen-bond donors (Lipinski definition) is 1. The van der Waals surface area contributed by atoms with Crippen molar-refractivity contribution in [3.05, 3.63) is 49.9 Å². The van der Waals surface area contributed by atoms with Crippen molar-refractivity contribution in [2.75, 3.05) is 0 Å². The second kappa shape index (κ2) is 5.42. The molecule has 0 aliphatic heterocycles. The number of aromatic nitrogens is 1. The van der Waals surface area contributed by atoms with Crippen LogP contribution in [0, 0.1) is 18.6 Å². The number of aliphatic hydroxyl groups is 1. The number of aliphatic hydroxyl groups excluding tert-OH is 1. The molecule has 2 nitrogen and oxygen atoms in total. The number of hydrogen-bond acceptors (Lipinski definition) is 3. The third-order valence-electron chi connectivity index (χ3n) is 2.45. The van der Waals surface area contributed by atoms with Crippen LogP contribution in [0.25, 0.3) is 0 Å². The van der Waals surface area contributed by atoms with Crippen molar-refractivity contribution in [1.82, 2.24) is 4.98 Å². The van der Waals surface area contributed by atoms with E-state index in [1.54, 1.807) is 5.38 Å². The summed E-state index contributed by atoms with van der Waals surface area (Å²) in [6, 6.07) is 2.27. The maximum Gasteiger partial charge on any atom is 0.133 e. The highest BCUT2D eigenvalue weighted by Gasteiger charge is 2.20. The van der Waals surface area contributed by atoms with E-state index >= 15 is 0 Å². The number of halogens is 3. The molecule has 1 aromatic carbocycles. The lowest BCUT2D eigenvalue weighted by atomic mass is 10.0. The van der Waals surface area contributed by atoms with Crippen molar-refractivity contribution in [1.29, 1.82) is 0 Å². The monoisotopic (exact) mass is 333 g/mol. The van der Waals surface area contributed by atoms with Gasteiger partial charge in [0.2, 0.25) is 0 Å². The smallest absolute Gasteiger partial charge is 0.133 e. The van der Waals surface area contributed by atoms with E-state index in [-0.39, 0.29) is 12.0 Å². The maximum absolute atomic E-state index is 13.6. The molecule has 0 amide bonds. The van der Waals surface area contributed by atoms with Crippen molar-refractivity contribution in [3.8, 4) is 0 Å². The topological polar surface area (TPSA) is 33.1 Å². The Kier molecular flexibility index (Phi) is 4.09. The quantitative estimate of drug-likeness (QED) is 0.927. The van der Waals surface area contributed by atoms with E-state index in [0.717, 1.165) is 17.1 Å². The molecular formula is C12H10BrF2NOS. The lowest BCUT2D eigenvalue weighted by molar-refractivity contribution is 0.167. The van der Waals surface area contributed by atoms with Gasteiger partial charge in [-0.15, -0.1) is 11.3 Å². The van der Waals surface area contributed by atoms with Crippen LogP contribution in [-0.4, -0.2) is 10.1 Å². The van der Waals surface area contributed by atoms with Gasteiger partial charge in [-0.2, -0.15) is 0 Å². The van der Waals surface area contributed by atoms with Gasteiger partial charge in [0.25, 0.3) is 0 Å². The molecule has 1 aromatic heterocycles. The first-order chi connectivity index (χ1) is 8.47. The Balaban J connectivity index is 2.26. The Bertz CT molecular complexity index is 550. The average Bonchev–Trinajstić information content (AvgIpc) is 2.62. The molecule has 0 saturated heterocycles. The molecule has 2 aromatic rings. The van der Waals surface area contributed by atoms with Crippen LogP contribution in [0.1, 0.15) is 22.4 Å².